The fourth-order valence-electron chi connectivity index (χ4n) is 2.51. The minimum absolute atomic E-state index is 0.123. The lowest BCUT2D eigenvalue weighted by atomic mass is 10.1. The van der Waals surface area contributed by atoms with E-state index >= 15 is 0 Å². The molecule has 128 valence electrons. The number of thiazole rings is 1. The average molecular weight is 372 g/mol. The molecule has 0 atom stereocenters. The summed E-state index contributed by atoms with van der Waals surface area (Å²) in [5.74, 6) is -0.452. The standard InChI is InChI=1S/C19H17FN2OS2/c1-13-21-15(12-25-13)11-22(16-9-7-14(20)8-10-16)19(23)17-5-3-4-6-18(17)24-2/h3-10,12H,11H2,1-2H3. The van der Waals surface area contributed by atoms with Gasteiger partial charge < -0.3 is 4.90 Å². The first-order chi connectivity index (χ1) is 12.1. The van der Waals surface area contributed by atoms with Crippen LogP contribution in [0.3, 0.4) is 0 Å². The second-order valence-corrected chi connectivity index (χ2v) is 7.34. The van der Waals surface area contributed by atoms with Gasteiger partial charge in [0.15, 0.2) is 0 Å². The number of benzene rings is 2. The number of halogens is 1. The molecule has 3 nitrogen and oxygen atoms in total. The van der Waals surface area contributed by atoms with Crippen LogP contribution in [0.5, 0.6) is 0 Å². The van der Waals surface area contributed by atoms with E-state index in [1.165, 1.54) is 23.9 Å². The van der Waals surface area contributed by atoms with Gasteiger partial charge in [0.1, 0.15) is 5.82 Å². The summed E-state index contributed by atoms with van der Waals surface area (Å²) in [7, 11) is 0. The number of nitrogens with zero attached hydrogens (tertiary/aromatic N) is 2. The summed E-state index contributed by atoms with van der Waals surface area (Å²) < 4.78 is 13.3. The number of carbonyl (C=O) groups is 1. The number of hydrogen-bond acceptors (Lipinski definition) is 4. The second kappa shape index (κ2) is 7.80. The van der Waals surface area contributed by atoms with Gasteiger partial charge in [0.2, 0.25) is 0 Å². The van der Waals surface area contributed by atoms with Crippen molar-refractivity contribution in [2.24, 2.45) is 0 Å². The van der Waals surface area contributed by atoms with Crippen molar-refractivity contribution in [3.05, 3.63) is 76.0 Å². The Morgan fingerprint density at radius 2 is 1.92 bits per heavy atom. The van der Waals surface area contributed by atoms with Gasteiger partial charge in [0.05, 0.1) is 22.8 Å². The van der Waals surface area contributed by atoms with E-state index in [-0.39, 0.29) is 11.7 Å². The Kier molecular flexibility index (Phi) is 5.50. The molecule has 0 radical (unpaired) electrons. The highest BCUT2D eigenvalue weighted by molar-refractivity contribution is 7.98. The van der Waals surface area contributed by atoms with Gasteiger partial charge in [0, 0.05) is 16.0 Å². The van der Waals surface area contributed by atoms with Gasteiger partial charge in [-0.3, -0.25) is 4.79 Å². The predicted octanol–water partition coefficient (Wildman–Crippen LogP) is 5.16. The summed E-state index contributed by atoms with van der Waals surface area (Å²) in [4.78, 5) is 20.2. The molecule has 0 aliphatic heterocycles. The van der Waals surface area contributed by atoms with Crippen LogP contribution in [0.25, 0.3) is 0 Å². The van der Waals surface area contributed by atoms with Crippen LogP contribution in [-0.4, -0.2) is 17.1 Å². The first kappa shape index (κ1) is 17.6. The molecule has 0 aliphatic rings. The Morgan fingerprint density at radius 3 is 2.56 bits per heavy atom. The fraction of sp³-hybridized carbons (Fsp3) is 0.158. The van der Waals surface area contributed by atoms with Gasteiger partial charge in [-0.05, 0) is 49.6 Å². The maximum atomic E-state index is 13.3. The van der Waals surface area contributed by atoms with Crippen molar-refractivity contribution in [2.75, 3.05) is 11.2 Å². The summed E-state index contributed by atoms with van der Waals surface area (Å²) in [5.41, 5.74) is 2.10. The normalized spacial score (nSPS) is 10.7. The molecule has 3 aromatic rings. The number of hydrogen-bond donors (Lipinski definition) is 0. The summed E-state index contributed by atoms with van der Waals surface area (Å²) in [6.07, 6.45) is 1.94. The van der Waals surface area contributed by atoms with E-state index in [1.807, 2.05) is 42.8 Å². The van der Waals surface area contributed by atoms with Gasteiger partial charge in [-0.2, -0.15) is 0 Å². The molecule has 2 aromatic carbocycles. The van der Waals surface area contributed by atoms with E-state index in [0.29, 0.717) is 17.8 Å². The Labute approximate surface area is 154 Å². The lowest BCUT2D eigenvalue weighted by Gasteiger charge is -2.23. The van der Waals surface area contributed by atoms with E-state index in [0.717, 1.165) is 15.6 Å². The molecule has 0 bridgehead atoms. The van der Waals surface area contributed by atoms with Crippen molar-refractivity contribution in [1.29, 1.82) is 0 Å². The second-order valence-electron chi connectivity index (χ2n) is 5.43. The van der Waals surface area contributed by atoms with Crippen LogP contribution in [-0.2, 0) is 6.54 Å². The zero-order chi connectivity index (χ0) is 17.8. The Hall–Kier alpha value is -2.18. The van der Waals surface area contributed by atoms with Gasteiger partial charge >= 0.3 is 0 Å². The zero-order valence-electron chi connectivity index (χ0n) is 13.9. The third-order valence-corrected chi connectivity index (χ3v) is 5.33. The highest BCUT2D eigenvalue weighted by atomic mass is 32.2. The molecule has 0 saturated carbocycles. The molecular weight excluding hydrogens is 355 g/mol. The minimum atomic E-state index is -0.329. The van der Waals surface area contributed by atoms with Crippen LogP contribution < -0.4 is 4.90 Å². The number of aryl methyl sites for hydroxylation is 1. The average Bonchev–Trinajstić information content (AvgIpc) is 3.05. The third-order valence-electron chi connectivity index (χ3n) is 3.71. The lowest BCUT2D eigenvalue weighted by Crippen LogP contribution is -2.31. The van der Waals surface area contributed by atoms with Gasteiger partial charge in [-0.25, -0.2) is 9.37 Å². The number of rotatable bonds is 5. The lowest BCUT2D eigenvalue weighted by molar-refractivity contribution is 0.0982. The molecule has 0 saturated heterocycles. The van der Waals surface area contributed by atoms with Crippen LogP contribution in [0.15, 0.2) is 58.8 Å². The maximum absolute atomic E-state index is 13.3. The predicted molar refractivity (Wildman–Crippen MR) is 102 cm³/mol. The summed E-state index contributed by atoms with van der Waals surface area (Å²) >= 11 is 3.07. The van der Waals surface area contributed by atoms with Crippen molar-refractivity contribution in [3.63, 3.8) is 0 Å². The van der Waals surface area contributed by atoms with E-state index < -0.39 is 0 Å². The van der Waals surface area contributed by atoms with Crippen molar-refractivity contribution >= 4 is 34.7 Å². The van der Waals surface area contributed by atoms with Crippen molar-refractivity contribution in [1.82, 2.24) is 4.98 Å². The summed E-state index contributed by atoms with van der Waals surface area (Å²) in [6, 6.07) is 13.5. The molecule has 3 rings (SSSR count). The van der Waals surface area contributed by atoms with Crippen LogP contribution in [0, 0.1) is 12.7 Å². The number of aromatic nitrogens is 1. The minimum Gasteiger partial charge on any atom is -0.302 e. The maximum Gasteiger partial charge on any atom is 0.259 e. The Morgan fingerprint density at radius 1 is 1.20 bits per heavy atom. The molecule has 0 N–H and O–H groups in total. The molecule has 0 fully saturated rings. The molecule has 6 heteroatoms. The number of carbonyl (C=O) groups excluding carboxylic acids is 1. The first-order valence-corrected chi connectivity index (χ1v) is 9.80. The Bertz CT molecular complexity index is 877. The number of thioether (sulfide) groups is 1. The fourth-order valence-corrected chi connectivity index (χ4v) is 3.70. The monoisotopic (exact) mass is 372 g/mol. The molecule has 1 heterocycles. The Balaban J connectivity index is 2.00. The van der Waals surface area contributed by atoms with Crippen LogP contribution in [0.4, 0.5) is 10.1 Å². The van der Waals surface area contributed by atoms with Gasteiger partial charge in [-0.1, -0.05) is 12.1 Å². The van der Waals surface area contributed by atoms with Crippen LogP contribution in [0.2, 0.25) is 0 Å². The van der Waals surface area contributed by atoms with E-state index in [2.05, 4.69) is 4.98 Å². The van der Waals surface area contributed by atoms with Gasteiger partial charge in [0.25, 0.3) is 5.91 Å². The molecular formula is C19H17FN2OS2. The third kappa shape index (κ3) is 4.08. The summed E-state index contributed by atoms with van der Waals surface area (Å²) in [5, 5.41) is 2.89. The molecule has 25 heavy (non-hydrogen) atoms. The molecule has 1 amide bonds. The van der Waals surface area contributed by atoms with E-state index in [4.69, 9.17) is 0 Å². The first-order valence-electron chi connectivity index (χ1n) is 7.70. The van der Waals surface area contributed by atoms with Crippen molar-refractivity contribution < 1.29 is 9.18 Å². The van der Waals surface area contributed by atoms with E-state index in [1.54, 1.807) is 28.4 Å². The van der Waals surface area contributed by atoms with Crippen LogP contribution >= 0.6 is 23.1 Å². The highest BCUT2D eigenvalue weighted by Crippen LogP contribution is 2.26. The van der Waals surface area contributed by atoms with Crippen molar-refractivity contribution in [3.8, 4) is 0 Å². The molecule has 0 aliphatic carbocycles. The summed E-state index contributed by atoms with van der Waals surface area (Å²) in [6.45, 7) is 2.28. The SMILES string of the molecule is CSc1ccccc1C(=O)N(Cc1csc(C)n1)c1ccc(F)cc1. The van der Waals surface area contributed by atoms with Crippen molar-refractivity contribution in [2.45, 2.75) is 18.4 Å². The number of amides is 1. The van der Waals surface area contributed by atoms with E-state index in [9.17, 15) is 9.18 Å². The topological polar surface area (TPSA) is 33.2 Å². The van der Waals surface area contributed by atoms with Gasteiger partial charge in [-0.15, -0.1) is 23.1 Å². The zero-order valence-corrected chi connectivity index (χ0v) is 15.5. The molecule has 0 spiro atoms. The molecule has 1 aromatic heterocycles. The number of anilines is 1. The highest BCUT2D eigenvalue weighted by Gasteiger charge is 2.21. The van der Waals surface area contributed by atoms with Crippen LogP contribution in [0.1, 0.15) is 21.1 Å². The largest absolute Gasteiger partial charge is 0.302 e. The molecule has 0 unspecified atom stereocenters. The smallest absolute Gasteiger partial charge is 0.259 e. The quantitative estimate of drug-likeness (QED) is 0.580.